The molecule has 2 rings (SSSR count). The molecule has 112 valence electrons. The number of ether oxygens (including phenoxy) is 1. The van der Waals surface area contributed by atoms with Gasteiger partial charge in [-0.05, 0) is 18.7 Å². The summed E-state index contributed by atoms with van der Waals surface area (Å²) in [5.41, 5.74) is 0.569. The normalized spacial score (nSPS) is 11.4. The van der Waals surface area contributed by atoms with Gasteiger partial charge in [0.2, 0.25) is 0 Å². The lowest BCUT2D eigenvalue weighted by atomic mass is 10.1. The molecule has 0 fully saturated rings. The molecule has 0 aliphatic rings. The molecule has 2 aromatic rings. The van der Waals surface area contributed by atoms with Gasteiger partial charge >= 0.3 is 6.18 Å². The predicted molar refractivity (Wildman–Crippen MR) is 75.0 cm³/mol. The highest BCUT2D eigenvalue weighted by molar-refractivity contribution is 5.43. The first kappa shape index (κ1) is 15.4. The zero-order valence-electron chi connectivity index (χ0n) is 11.6. The van der Waals surface area contributed by atoms with Gasteiger partial charge in [-0.2, -0.15) is 13.2 Å². The standard InChI is InChI=1S/C16H16F3NO/c1-20-10-13-8-5-9-14(16(17,18)19)15(13)21-11-12-6-3-2-4-7-12/h2-9,20H,10-11H2,1H3. The second-order valence-electron chi connectivity index (χ2n) is 4.60. The van der Waals surface area contributed by atoms with Gasteiger partial charge in [-0.25, -0.2) is 0 Å². The summed E-state index contributed by atoms with van der Waals surface area (Å²) in [6.07, 6.45) is -4.43. The van der Waals surface area contributed by atoms with E-state index in [2.05, 4.69) is 5.32 Å². The lowest BCUT2D eigenvalue weighted by Gasteiger charge is -2.17. The molecule has 0 radical (unpaired) electrons. The van der Waals surface area contributed by atoms with Crippen molar-refractivity contribution >= 4 is 0 Å². The Morgan fingerprint density at radius 1 is 1.00 bits per heavy atom. The van der Waals surface area contributed by atoms with Crippen LogP contribution in [-0.4, -0.2) is 7.05 Å². The number of rotatable bonds is 5. The van der Waals surface area contributed by atoms with E-state index in [9.17, 15) is 13.2 Å². The SMILES string of the molecule is CNCc1cccc(C(F)(F)F)c1OCc1ccccc1. The number of hydrogen-bond donors (Lipinski definition) is 1. The highest BCUT2D eigenvalue weighted by Crippen LogP contribution is 2.38. The molecule has 0 saturated carbocycles. The minimum atomic E-state index is -4.43. The number of nitrogens with one attached hydrogen (secondary N) is 1. The van der Waals surface area contributed by atoms with Crippen LogP contribution in [0.25, 0.3) is 0 Å². The maximum atomic E-state index is 13.1. The molecular weight excluding hydrogens is 279 g/mol. The summed E-state index contributed by atoms with van der Waals surface area (Å²) in [6, 6.07) is 13.2. The molecule has 0 aliphatic heterocycles. The van der Waals surface area contributed by atoms with Crippen LogP contribution in [0.1, 0.15) is 16.7 Å². The minimum absolute atomic E-state index is 0.102. The van der Waals surface area contributed by atoms with Crippen molar-refractivity contribution < 1.29 is 17.9 Å². The van der Waals surface area contributed by atoms with Crippen LogP contribution in [0.3, 0.4) is 0 Å². The van der Waals surface area contributed by atoms with Crippen LogP contribution < -0.4 is 10.1 Å². The van der Waals surface area contributed by atoms with Crippen molar-refractivity contribution in [2.24, 2.45) is 0 Å². The molecule has 0 atom stereocenters. The highest BCUT2D eigenvalue weighted by atomic mass is 19.4. The van der Waals surface area contributed by atoms with Crippen LogP contribution in [-0.2, 0) is 19.3 Å². The Hall–Kier alpha value is -2.01. The van der Waals surface area contributed by atoms with Crippen LogP contribution in [0.2, 0.25) is 0 Å². The summed E-state index contributed by atoms with van der Waals surface area (Å²) in [5, 5.41) is 2.85. The van der Waals surface area contributed by atoms with E-state index in [1.807, 2.05) is 30.3 Å². The zero-order chi connectivity index (χ0) is 15.3. The monoisotopic (exact) mass is 295 g/mol. The number of benzene rings is 2. The molecule has 2 nitrogen and oxygen atoms in total. The van der Waals surface area contributed by atoms with Crippen molar-refractivity contribution in [1.82, 2.24) is 5.32 Å². The second kappa shape index (κ2) is 6.63. The fourth-order valence-corrected chi connectivity index (χ4v) is 2.04. The lowest BCUT2D eigenvalue weighted by molar-refractivity contribution is -0.139. The van der Waals surface area contributed by atoms with Gasteiger partial charge in [0, 0.05) is 12.1 Å². The first-order valence-electron chi connectivity index (χ1n) is 6.53. The third kappa shape index (κ3) is 3.98. The van der Waals surface area contributed by atoms with E-state index < -0.39 is 11.7 Å². The summed E-state index contributed by atoms with van der Waals surface area (Å²) in [6.45, 7) is 0.415. The van der Waals surface area contributed by atoms with Crippen molar-refractivity contribution in [3.63, 3.8) is 0 Å². The molecule has 0 aromatic heterocycles. The lowest BCUT2D eigenvalue weighted by Crippen LogP contribution is -2.13. The van der Waals surface area contributed by atoms with Gasteiger partial charge in [0.05, 0.1) is 5.56 Å². The van der Waals surface area contributed by atoms with Gasteiger partial charge in [0.15, 0.2) is 0 Å². The topological polar surface area (TPSA) is 21.3 Å². The van der Waals surface area contributed by atoms with Crippen molar-refractivity contribution in [3.05, 3.63) is 65.2 Å². The average Bonchev–Trinajstić information content (AvgIpc) is 2.46. The van der Waals surface area contributed by atoms with Crippen molar-refractivity contribution in [2.45, 2.75) is 19.3 Å². The molecule has 0 amide bonds. The molecule has 0 saturated heterocycles. The van der Waals surface area contributed by atoms with Gasteiger partial charge in [-0.3, -0.25) is 0 Å². The molecule has 0 aliphatic carbocycles. The summed E-state index contributed by atoms with van der Waals surface area (Å²) in [7, 11) is 1.68. The van der Waals surface area contributed by atoms with Gasteiger partial charge in [-0.15, -0.1) is 0 Å². The van der Waals surface area contributed by atoms with E-state index in [-0.39, 0.29) is 12.4 Å². The summed E-state index contributed by atoms with van der Waals surface area (Å²) < 4.78 is 44.8. The molecular formula is C16H16F3NO. The summed E-state index contributed by atoms with van der Waals surface area (Å²) in [4.78, 5) is 0. The third-order valence-electron chi connectivity index (χ3n) is 3.00. The Morgan fingerprint density at radius 2 is 1.71 bits per heavy atom. The smallest absolute Gasteiger partial charge is 0.419 e. The third-order valence-corrected chi connectivity index (χ3v) is 3.00. The number of hydrogen-bond acceptors (Lipinski definition) is 2. The Kier molecular flexibility index (Phi) is 4.85. The van der Waals surface area contributed by atoms with E-state index in [4.69, 9.17) is 4.74 Å². The number of halogens is 3. The van der Waals surface area contributed by atoms with E-state index in [0.717, 1.165) is 11.6 Å². The number of alkyl halides is 3. The summed E-state index contributed by atoms with van der Waals surface area (Å²) >= 11 is 0. The van der Waals surface area contributed by atoms with Gasteiger partial charge in [-0.1, -0.05) is 42.5 Å². The molecule has 2 aromatic carbocycles. The first-order valence-corrected chi connectivity index (χ1v) is 6.53. The maximum absolute atomic E-state index is 13.1. The fourth-order valence-electron chi connectivity index (χ4n) is 2.04. The van der Waals surface area contributed by atoms with E-state index in [1.165, 1.54) is 6.07 Å². The molecule has 0 heterocycles. The first-order chi connectivity index (χ1) is 10.0. The molecule has 0 bridgehead atoms. The van der Waals surface area contributed by atoms with Crippen molar-refractivity contribution in [1.29, 1.82) is 0 Å². The number of para-hydroxylation sites is 1. The molecule has 5 heteroatoms. The molecule has 21 heavy (non-hydrogen) atoms. The minimum Gasteiger partial charge on any atom is -0.488 e. The Labute approximate surface area is 121 Å². The summed E-state index contributed by atoms with van der Waals surface area (Å²) in [5.74, 6) is -0.108. The van der Waals surface area contributed by atoms with Gasteiger partial charge < -0.3 is 10.1 Å². The molecule has 1 N–H and O–H groups in total. The van der Waals surface area contributed by atoms with E-state index in [1.54, 1.807) is 13.1 Å². The van der Waals surface area contributed by atoms with Crippen molar-refractivity contribution in [3.8, 4) is 5.75 Å². The Morgan fingerprint density at radius 3 is 2.33 bits per heavy atom. The Balaban J connectivity index is 2.30. The second-order valence-corrected chi connectivity index (χ2v) is 4.60. The Bertz CT molecular complexity index is 582. The van der Waals surface area contributed by atoms with Crippen LogP contribution in [0.15, 0.2) is 48.5 Å². The fraction of sp³-hybridized carbons (Fsp3) is 0.250. The molecule has 0 unspecified atom stereocenters. The maximum Gasteiger partial charge on any atom is 0.419 e. The zero-order valence-corrected chi connectivity index (χ0v) is 11.6. The van der Waals surface area contributed by atoms with Gasteiger partial charge in [0.1, 0.15) is 12.4 Å². The van der Waals surface area contributed by atoms with E-state index in [0.29, 0.717) is 12.1 Å². The van der Waals surface area contributed by atoms with Crippen LogP contribution in [0, 0.1) is 0 Å². The molecule has 0 spiro atoms. The van der Waals surface area contributed by atoms with Crippen LogP contribution >= 0.6 is 0 Å². The van der Waals surface area contributed by atoms with Gasteiger partial charge in [0.25, 0.3) is 0 Å². The largest absolute Gasteiger partial charge is 0.488 e. The predicted octanol–water partition coefficient (Wildman–Crippen LogP) is 4.00. The van der Waals surface area contributed by atoms with Crippen molar-refractivity contribution in [2.75, 3.05) is 7.05 Å². The average molecular weight is 295 g/mol. The van der Waals surface area contributed by atoms with Crippen LogP contribution in [0.5, 0.6) is 5.75 Å². The van der Waals surface area contributed by atoms with E-state index >= 15 is 0 Å². The highest BCUT2D eigenvalue weighted by Gasteiger charge is 2.35. The van der Waals surface area contributed by atoms with Crippen LogP contribution in [0.4, 0.5) is 13.2 Å². The quantitative estimate of drug-likeness (QED) is 0.900.